The Bertz CT molecular complexity index is 1220. The number of carbonyl (C=O) groups excluding carboxylic acids is 1. The number of nitrogens with one attached hydrogen (secondary N) is 2. The lowest BCUT2D eigenvalue weighted by Crippen LogP contribution is -2.23. The molecule has 0 unspecified atom stereocenters. The Hall–Kier alpha value is -3.65. The molecule has 5 rings (SSSR count). The van der Waals surface area contributed by atoms with Crippen LogP contribution in [0.3, 0.4) is 0 Å². The number of benzene rings is 1. The Morgan fingerprint density at radius 2 is 1.97 bits per heavy atom. The molecule has 2 N–H and O–H groups in total. The fourth-order valence-electron chi connectivity index (χ4n) is 4.30. The minimum atomic E-state index is -0.152. The molecule has 4 heterocycles. The second-order valence-corrected chi connectivity index (χ2v) is 8.91. The lowest BCUT2D eigenvalue weighted by atomic mass is 10.1. The largest absolute Gasteiger partial charge is 0.388 e. The molecule has 1 amide bonds. The number of aromatic nitrogens is 3. The normalized spacial score (nSPS) is 15.5. The van der Waals surface area contributed by atoms with Crippen molar-refractivity contribution in [3.05, 3.63) is 89.5 Å². The first-order valence-electron chi connectivity index (χ1n) is 11.1. The van der Waals surface area contributed by atoms with Crippen LogP contribution >= 0.6 is 11.3 Å². The van der Waals surface area contributed by atoms with Gasteiger partial charge in [0.25, 0.3) is 5.91 Å². The highest BCUT2D eigenvalue weighted by Gasteiger charge is 2.28. The van der Waals surface area contributed by atoms with Crippen LogP contribution < -0.4 is 15.5 Å². The molecule has 1 aliphatic rings. The van der Waals surface area contributed by atoms with Crippen molar-refractivity contribution in [2.75, 3.05) is 29.1 Å². The van der Waals surface area contributed by atoms with Crippen LogP contribution in [0.1, 0.15) is 40.6 Å². The maximum absolute atomic E-state index is 13.0. The Kier molecular flexibility index (Phi) is 6.08. The van der Waals surface area contributed by atoms with Gasteiger partial charge in [-0.15, -0.1) is 11.3 Å². The summed E-state index contributed by atoms with van der Waals surface area (Å²) in [6.07, 6.45) is 7.62. The molecule has 4 aromatic rings. The number of anilines is 3. The van der Waals surface area contributed by atoms with Crippen molar-refractivity contribution in [1.82, 2.24) is 14.5 Å². The van der Waals surface area contributed by atoms with Crippen LogP contribution in [-0.4, -0.2) is 34.0 Å². The summed E-state index contributed by atoms with van der Waals surface area (Å²) in [5, 5.41) is 8.85. The van der Waals surface area contributed by atoms with Crippen LogP contribution in [0.2, 0.25) is 0 Å². The van der Waals surface area contributed by atoms with Crippen molar-refractivity contribution in [2.45, 2.75) is 25.4 Å². The van der Waals surface area contributed by atoms with Gasteiger partial charge in [0.2, 0.25) is 0 Å². The summed E-state index contributed by atoms with van der Waals surface area (Å²) < 4.78 is 1.94. The average Bonchev–Trinajstić information content (AvgIpc) is 3.60. The molecule has 0 bridgehead atoms. The highest BCUT2D eigenvalue weighted by molar-refractivity contribution is 7.14. The Morgan fingerprint density at radius 1 is 1.15 bits per heavy atom. The molecular formula is C25H26N6OS. The topological polar surface area (TPSA) is 75.1 Å². The first-order chi connectivity index (χ1) is 16.2. The van der Waals surface area contributed by atoms with Gasteiger partial charge in [0.1, 0.15) is 5.69 Å². The summed E-state index contributed by atoms with van der Waals surface area (Å²) >= 11 is 1.48. The zero-order valence-electron chi connectivity index (χ0n) is 18.4. The summed E-state index contributed by atoms with van der Waals surface area (Å²) in [6.45, 7) is 1.62. The second-order valence-electron chi connectivity index (χ2n) is 8.06. The lowest BCUT2D eigenvalue weighted by molar-refractivity contribution is 0.101. The van der Waals surface area contributed by atoms with Crippen molar-refractivity contribution >= 4 is 33.8 Å². The van der Waals surface area contributed by atoms with E-state index in [-0.39, 0.29) is 11.9 Å². The molecular weight excluding hydrogens is 432 g/mol. The number of hydrogen-bond donors (Lipinski definition) is 2. The zero-order valence-corrected chi connectivity index (χ0v) is 19.3. The molecule has 168 valence electrons. The van der Waals surface area contributed by atoms with Crippen molar-refractivity contribution in [1.29, 1.82) is 0 Å². The third-order valence-electron chi connectivity index (χ3n) is 5.99. The van der Waals surface area contributed by atoms with Gasteiger partial charge in [-0.05, 0) is 66.9 Å². The Morgan fingerprint density at radius 3 is 2.76 bits per heavy atom. The first-order valence-corrected chi connectivity index (χ1v) is 11.9. The monoisotopic (exact) mass is 458 g/mol. The van der Waals surface area contributed by atoms with Gasteiger partial charge in [-0.25, -0.2) is 4.98 Å². The molecule has 7 nitrogen and oxygen atoms in total. The average molecular weight is 459 g/mol. The molecule has 0 aliphatic carbocycles. The smallest absolute Gasteiger partial charge is 0.274 e. The summed E-state index contributed by atoms with van der Waals surface area (Å²) in [5.74, 6) is -0.152. The number of rotatable bonds is 7. The van der Waals surface area contributed by atoms with E-state index in [0.717, 1.165) is 36.3 Å². The molecule has 1 atom stereocenters. The predicted octanol–water partition coefficient (Wildman–Crippen LogP) is 5.02. The molecule has 0 radical (unpaired) electrons. The third kappa shape index (κ3) is 4.61. The van der Waals surface area contributed by atoms with E-state index in [1.165, 1.54) is 17.0 Å². The molecule has 1 saturated heterocycles. The lowest BCUT2D eigenvalue weighted by Gasteiger charge is -2.25. The van der Waals surface area contributed by atoms with Crippen LogP contribution in [-0.2, 0) is 6.54 Å². The van der Waals surface area contributed by atoms with E-state index in [9.17, 15) is 4.79 Å². The molecule has 33 heavy (non-hydrogen) atoms. The summed E-state index contributed by atoms with van der Waals surface area (Å²) in [6, 6.07) is 16.3. The molecule has 1 aromatic carbocycles. The predicted molar refractivity (Wildman–Crippen MR) is 133 cm³/mol. The van der Waals surface area contributed by atoms with Crippen LogP contribution in [0.15, 0.2) is 72.5 Å². The van der Waals surface area contributed by atoms with Gasteiger partial charge < -0.3 is 14.8 Å². The van der Waals surface area contributed by atoms with Crippen molar-refractivity contribution < 1.29 is 4.79 Å². The van der Waals surface area contributed by atoms with Crippen molar-refractivity contribution in [3.8, 4) is 0 Å². The summed E-state index contributed by atoms with van der Waals surface area (Å²) in [7, 11) is 1.93. The van der Waals surface area contributed by atoms with E-state index < -0.39 is 0 Å². The van der Waals surface area contributed by atoms with E-state index in [1.54, 1.807) is 12.4 Å². The third-order valence-corrected chi connectivity index (χ3v) is 6.76. The Labute approximate surface area is 197 Å². The van der Waals surface area contributed by atoms with E-state index in [0.29, 0.717) is 17.4 Å². The fourth-order valence-corrected chi connectivity index (χ4v) is 5.06. The van der Waals surface area contributed by atoms with Gasteiger partial charge in [0, 0.05) is 55.5 Å². The number of thiazole rings is 1. The first kappa shape index (κ1) is 21.2. The highest BCUT2D eigenvalue weighted by atomic mass is 32.1. The van der Waals surface area contributed by atoms with E-state index in [1.807, 2.05) is 42.1 Å². The molecule has 8 heteroatoms. The highest BCUT2D eigenvalue weighted by Crippen LogP contribution is 2.37. The second kappa shape index (κ2) is 9.46. The van der Waals surface area contributed by atoms with Gasteiger partial charge in [0.15, 0.2) is 5.13 Å². The number of pyridine rings is 1. The maximum Gasteiger partial charge on any atom is 0.274 e. The van der Waals surface area contributed by atoms with Gasteiger partial charge in [-0.2, -0.15) is 0 Å². The standard InChI is InChI=1S/C25H26N6OS/c1-26-19-6-8-20(9-7-19)31-15-3-4-22(31)21-17-33-25(28-21)29-24(32)23-5-2-14-30(23)16-18-10-12-27-13-11-18/h2,5-14,17,22,26H,3-4,15-16H2,1H3,(H,28,29,32)/t22-/m1/s1. The number of amides is 1. The zero-order chi connectivity index (χ0) is 22.6. The van der Waals surface area contributed by atoms with Crippen LogP contribution in [0.4, 0.5) is 16.5 Å². The van der Waals surface area contributed by atoms with Gasteiger partial charge in [-0.3, -0.25) is 15.1 Å². The molecule has 1 fully saturated rings. The summed E-state index contributed by atoms with van der Waals surface area (Å²) in [4.78, 5) is 24.2. The maximum atomic E-state index is 13.0. The Balaban J connectivity index is 1.28. The van der Waals surface area contributed by atoms with E-state index in [2.05, 4.69) is 50.2 Å². The van der Waals surface area contributed by atoms with Gasteiger partial charge in [0.05, 0.1) is 11.7 Å². The molecule has 0 saturated carbocycles. The van der Waals surface area contributed by atoms with Crippen LogP contribution in [0.5, 0.6) is 0 Å². The molecule has 0 spiro atoms. The minimum absolute atomic E-state index is 0.152. The SMILES string of the molecule is CNc1ccc(N2CCC[C@@H]2c2csc(NC(=O)c3cccn3Cc3ccncc3)n2)cc1. The molecule has 1 aliphatic heterocycles. The fraction of sp³-hybridized carbons (Fsp3) is 0.240. The number of nitrogens with zero attached hydrogens (tertiary/aromatic N) is 4. The van der Waals surface area contributed by atoms with Crippen molar-refractivity contribution in [3.63, 3.8) is 0 Å². The van der Waals surface area contributed by atoms with Crippen molar-refractivity contribution in [2.24, 2.45) is 0 Å². The minimum Gasteiger partial charge on any atom is -0.388 e. The quantitative estimate of drug-likeness (QED) is 0.407. The van der Waals surface area contributed by atoms with Gasteiger partial charge in [-0.1, -0.05) is 0 Å². The van der Waals surface area contributed by atoms with E-state index in [4.69, 9.17) is 4.98 Å². The van der Waals surface area contributed by atoms with Crippen LogP contribution in [0, 0.1) is 0 Å². The number of hydrogen-bond acceptors (Lipinski definition) is 6. The molecule has 3 aromatic heterocycles. The van der Waals surface area contributed by atoms with E-state index >= 15 is 0 Å². The van der Waals surface area contributed by atoms with Crippen LogP contribution in [0.25, 0.3) is 0 Å². The van der Waals surface area contributed by atoms with Gasteiger partial charge >= 0.3 is 0 Å². The summed E-state index contributed by atoms with van der Waals surface area (Å²) in [5.41, 5.74) is 5.01. The number of carbonyl (C=O) groups is 1.